The number of thiol groups is 1. The second kappa shape index (κ2) is 11.7. The highest BCUT2D eigenvalue weighted by molar-refractivity contribution is 7.84. The topological polar surface area (TPSA) is 79.7 Å². The van der Waals surface area contributed by atoms with Gasteiger partial charge in [0.2, 0.25) is 0 Å². The summed E-state index contributed by atoms with van der Waals surface area (Å²) >= 11 is 3.88. The normalized spacial score (nSPS) is 20.2. The molecule has 7 heteroatoms. The Labute approximate surface area is 183 Å². The van der Waals surface area contributed by atoms with Crippen LogP contribution in [0.4, 0.5) is 4.39 Å². The summed E-state index contributed by atoms with van der Waals surface area (Å²) in [5.74, 6) is 0.444. The van der Waals surface area contributed by atoms with Crippen molar-refractivity contribution < 1.29 is 4.39 Å². The number of nitrogens with two attached hydrogens (primary N) is 1. The molecule has 162 valence electrons. The maximum Gasteiger partial charge on any atom is 0.110 e. The first-order valence-corrected chi connectivity index (χ1v) is 10.7. The van der Waals surface area contributed by atoms with Crippen LogP contribution in [0.5, 0.6) is 0 Å². The highest BCUT2D eigenvalue weighted by Gasteiger charge is 2.21. The lowest BCUT2D eigenvalue weighted by Crippen LogP contribution is -2.17. The number of pyridine rings is 1. The van der Waals surface area contributed by atoms with E-state index in [1.54, 1.807) is 6.08 Å². The number of hydrogen-bond acceptors (Lipinski definition) is 5. The number of hydrogen-bond donors (Lipinski definition) is 4. The van der Waals surface area contributed by atoms with Gasteiger partial charge in [0.25, 0.3) is 0 Å². The molecule has 5 nitrogen and oxygen atoms in total. The van der Waals surface area contributed by atoms with E-state index in [1.807, 2.05) is 25.1 Å². The molecule has 0 spiro atoms. The van der Waals surface area contributed by atoms with Crippen LogP contribution in [-0.2, 0) is 6.54 Å². The third kappa shape index (κ3) is 6.57. The van der Waals surface area contributed by atoms with Crippen LogP contribution in [0.25, 0.3) is 16.6 Å². The van der Waals surface area contributed by atoms with Crippen molar-refractivity contribution in [1.29, 1.82) is 5.41 Å². The van der Waals surface area contributed by atoms with E-state index in [1.165, 1.54) is 25.8 Å². The smallest absolute Gasteiger partial charge is 0.110 e. The molecule has 4 N–H and O–H groups in total. The molecule has 3 rings (SSSR count). The Balaban J connectivity index is 0.000000303. The minimum atomic E-state index is -0.233. The van der Waals surface area contributed by atoms with Crippen LogP contribution in [0.1, 0.15) is 39.3 Å². The van der Waals surface area contributed by atoms with Gasteiger partial charge < -0.3 is 21.0 Å². The molecular weight excluding hydrogens is 397 g/mol. The third-order valence-corrected chi connectivity index (χ3v) is 5.47. The summed E-state index contributed by atoms with van der Waals surface area (Å²) in [6.07, 6.45) is 10.4. The number of allylic oxidation sites excluding steroid dienone is 4. The van der Waals surface area contributed by atoms with Crippen LogP contribution in [-0.4, -0.2) is 28.4 Å². The number of rotatable bonds is 6. The van der Waals surface area contributed by atoms with E-state index in [2.05, 4.69) is 46.7 Å². The SMILES string of the molecule is CC/C=C\C(S)=C(/C)F.CC1CC(Cn2ccc3nc(/C(C=N)=C/N)ccc32)CN1. The van der Waals surface area contributed by atoms with Crippen LogP contribution in [0.2, 0.25) is 0 Å². The Kier molecular flexibility index (Phi) is 9.33. The molecule has 2 aromatic rings. The Bertz CT molecular complexity index is 940. The van der Waals surface area contributed by atoms with Crippen molar-refractivity contribution >= 4 is 35.4 Å². The number of aromatic nitrogens is 2. The first kappa shape index (κ1) is 23.9. The average molecular weight is 430 g/mol. The van der Waals surface area contributed by atoms with Gasteiger partial charge in [-0.3, -0.25) is 0 Å². The summed E-state index contributed by atoms with van der Waals surface area (Å²) in [4.78, 5) is 5.01. The number of nitrogens with one attached hydrogen (secondary N) is 2. The standard InChI is InChI=1S/C16H21N5.C7H11FS/c1-11-6-12(9-19-11)10-21-5-4-15-16(21)3-2-14(20-15)13(7-17)8-18;1-3-4-5-7(9)6(2)8/h2-5,7-8,11-12,17,19H,6,9-10,18H2,1H3;4-5,9H,3H2,1-2H3/b13-8+,17-7?;5-4-,7-6-. The highest BCUT2D eigenvalue weighted by atomic mass is 32.1. The molecule has 1 aliphatic heterocycles. The predicted molar refractivity (Wildman–Crippen MR) is 128 cm³/mol. The zero-order chi connectivity index (χ0) is 22.1. The van der Waals surface area contributed by atoms with Gasteiger partial charge in [-0.2, -0.15) is 0 Å². The van der Waals surface area contributed by atoms with Crippen molar-refractivity contribution in [3.05, 3.63) is 59.2 Å². The molecule has 30 heavy (non-hydrogen) atoms. The van der Waals surface area contributed by atoms with E-state index in [4.69, 9.17) is 11.1 Å². The summed E-state index contributed by atoms with van der Waals surface area (Å²) in [7, 11) is 0. The highest BCUT2D eigenvalue weighted by Crippen LogP contribution is 2.21. The molecule has 1 aliphatic rings. The van der Waals surface area contributed by atoms with Gasteiger partial charge in [0.1, 0.15) is 5.83 Å². The zero-order valence-corrected chi connectivity index (χ0v) is 18.8. The Morgan fingerprint density at radius 3 is 2.77 bits per heavy atom. The summed E-state index contributed by atoms with van der Waals surface area (Å²) in [5.41, 5.74) is 8.99. The quantitative estimate of drug-likeness (QED) is 0.294. The van der Waals surface area contributed by atoms with Gasteiger partial charge in [0.15, 0.2) is 0 Å². The molecule has 1 saturated heterocycles. The number of nitrogens with zero attached hydrogens (tertiary/aromatic N) is 2. The van der Waals surface area contributed by atoms with Gasteiger partial charge in [-0.25, -0.2) is 9.37 Å². The lowest BCUT2D eigenvalue weighted by atomic mass is 10.1. The molecule has 0 bridgehead atoms. The lowest BCUT2D eigenvalue weighted by Gasteiger charge is -2.11. The fourth-order valence-electron chi connectivity index (χ4n) is 3.40. The molecule has 2 unspecified atom stereocenters. The van der Waals surface area contributed by atoms with E-state index in [0.29, 0.717) is 22.4 Å². The first-order valence-electron chi connectivity index (χ1n) is 10.2. The fraction of sp³-hybridized carbons (Fsp3) is 0.391. The van der Waals surface area contributed by atoms with E-state index in [0.717, 1.165) is 36.2 Å². The zero-order valence-electron chi connectivity index (χ0n) is 17.9. The second-order valence-electron chi connectivity index (χ2n) is 7.48. The lowest BCUT2D eigenvalue weighted by molar-refractivity contribution is 0.483. The Hall–Kier alpha value is -2.38. The minimum Gasteiger partial charge on any atom is -0.404 e. The molecule has 0 radical (unpaired) electrons. The second-order valence-corrected chi connectivity index (χ2v) is 7.96. The molecule has 2 atom stereocenters. The van der Waals surface area contributed by atoms with Crippen LogP contribution >= 0.6 is 12.6 Å². The van der Waals surface area contributed by atoms with E-state index in [9.17, 15) is 4.39 Å². The molecule has 0 aliphatic carbocycles. The Morgan fingerprint density at radius 1 is 1.43 bits per heavy atom. The molecular formula is C23H32FN5S. The molecule has 2 aromatic heterocycles. The third-order valence-electron chi connectivity index (χ3n) is 5.02. The van der Waals surface area contributed by atoms with Gasteiger partial charge >= 0.3 is 0 Å². The monoisotopic (exact) mass is 429 g/mol. The van der Waals surface area contributed by atoms with Gasteiger partial charge in [-0.15, -0.1) is 12.6 Å². The van der Waals surface area contributed by atoms with Gasteiger partial charge in [0, 0.05) is 41.7 Å². The van der Waals surface area contributed by atoms with Gasteiger partial charge in [-0.05, 0) is 57.4 Å². The minimum absolute atomic E-state index is 0.233. The largest absolute Gasteiger partial charge is 0.404 e. The molecule has 0 saturated carbocycles. The Morgan fingerprint density at radius 2 is 2.20 bits per heavy atom. The van der Waals surface area contributed by atoms with Crippen molar-refractivity contribution in [3.63, 3.8) is 0 Å². The van der Waals surface area contributed by atoms with Crippen molar-refractivity contribution in [2.45, 2.75) is 46.2 Å². The summed E-state index contributed by atoms with van der Waals surface area (Å²) < 4.78 is 14.4. The number of fused-ring (bicyclic) bond motifs is 1. The van der Waals surface area contributed by atoms with Crippen molar-refractivity contribution in [2.75, 3.05) is 6.54 Å². The summed E-state index contributed by atoms with van der Waals surface area (Å²) in [5, 5.41) is 10.8. The molecule has 0 aromatic carbocycles. The average Bonchev–Trinajstić information content (AvgIpc) is 3.33. The maximum atomic E-state index is 12.2. The first-order chi connectivity index (χ1) is 14.4. The predicted octanol–water partition coefficient (Wildman–Crippen LogP) is 5.07. The van der Waals surface area contributed by atoms with Crippen molar-refractivity contribution in [3.8, 4) is 0 Å². The van der Waals surface area contributed by atoms with Crippen molar-refractivity contribution in [2.24, 2.45) is 11.7 Å². The maximum absolute atomic E-state index is 12.2. The van der Waals surface area contributed by atoms with Crippen LogP contribution in [0.3, 0.4) is 0 Å². The van der Waals surface area contributed by atoms with Crippen LogP contribution in [0.15, 0.2) is 53.5 Å². The summed E-state index contributed by atoms with van der Waals surface area (Å²) in [6.45, 7) is 7.72. The number of halogens is 1. The van der Waals surface area contributed by atoms with Crippen LogP contribution in [0, 0.1) is 11.3 Å². The summed E-state index contributed by atoms with van der Waals surface area (Å²) in [6, 6.07) is 6.64. The molecule has 1 fully saturated rings. The van der Waals surface area contributed by atoms with Crippen LogP contribution < -0.4 is 11.1 Å². The van der Waals surface area contributed by atoms with E-state index >= 15 is 0 Å². The fourth-order valence-corrected chi connectivity index (χ4v) is 3.50. The van der Waals surface area contributed by atoms with Crippen molar-refractivity contribution in [1.82, 2.24) is 14.9 Å². The van der Waals surface area contributed by atoms with E-state index < -0.39 is 0 Å². The molecule has 0 amide bonds. The van der Waals surface area contributed by atoms with Gasteiger partial charge in [0.05, 0.1) is 16.7 Å². The molecule has 3 heterocycles. The van der Waals surface area contributed by atoms with E-state index in [-0.39, 0.29) is 5.83 Å². The van der Waals surface area contributed by atoms with Gasteiger partial charge in [-0.1, -0.05) is 19.1 Å².